The Balaban J connectivity index is 1.43. The fourth-order valence-electron chi connectivity index (χ4n) is 3.41. The summed E-state index contributed by atoms with van der Waals surface area (Å²) in [6.45, 7) is 2.83. The van der Waals surface area contributed by atoms with Crippen molar-refractivity contribution in [1.82, 2.24) is 39.5 Å². The van der Waals surface area contributed by atoms with Gasteiger partial charge < -0.3 is 0 Å². The van der Waals surface area contributed by atoms with E-state index in [-0.39, 0.29) is 0 Å². The van der Waals surface area contributed by atoms with Crippen molar-refractivity contribution in [2.24, 2.45) is 0 Å². The Kier molecular flexibility index (Phi) is 5.55. The zero-order chi connectivity index (χ0) is 21.9. The molecular formula is C23H19BrN8. The lowest BCUT2D eigenvalue weighted by molar-refractivity contribution is 0.662. The minimum atomic E-state index is 0.559. The Morgan fingerprint density at radius 1 is 0.875 bits per heavy atom. The maximum absolute atomic E-state index is 4.83. The Morgan fingerprint density at radius 3 is 2.47 bits per heavy atom. The van der Waals surface area contributed by atoms with Crippen molar-refractivity contribution in [3.05, 3.63) is 89.6 Å². The molecular weight excluding hydrogens is 468 g/mol. The predicted molar refractivity (Wildman–Crippen MR) is 124 cm³/mol. The van der Waals surface area contributed by atoms with Crippen molar-refractivity contribution in [2.45, 2.75) is 19.9 Å². The Bertz CT molecular complexity index is 1340. The van der Waals surface area contributed by atoms with Crippen LogP contribution in [0.25, 0.3) is 28.3 Å². The fraction of sp³-hybridized carbons (Fsp3) is 0.130. The van der Waals surface area contributed by atoms with Crippen LogP contribution in [-0.2, 0) is 13.0 Å². The Hall–Kier alpha value is -3.72. The zero-order valence-electron chi connectivity index (χ0n) is 17.3. The zero-order valence-corrected chi connectivity index (χ0v) is 18.9. The lowest BCUT2D eigenvalue weighted by Crippen LogP contribution is -1.99. The van der Waals surface area contributed by atoms with Crippen molar-refractivity contribution in [1.29, 1.82) is 0 Å². The molecule has 32 heavy (non-hydrogen) atoms. The normalized spacial score (nSPS) is 11.1. The van der Waals surface area contributed by atoms with Gasteiger partial charge in [-0.15, -0.1) is 5.10 Å². The molecule has 0 aliphatic heterocycles. The number of aryl methyl sites for hydroxylation is 1. The number of nitrogens with zero attached hydrogens (tertiary/aromatic N) is 8. The van der Waals surface area contributed by atoms with Crippen LogP contribution in [0, 0.1) is 0 Å². The molecule has 0 atom stereocenters. The first-order valence-electron chi connectivity index (χ1n) is 10.2. The van der Waals surface area contributed by atoms with Crippen LogP contribution in [0.4, 0.5) is 0 Å². The van der Waals surface area contributed by atoms with Gasteiger partial charge >= 0.3 is 0 Å². The smallest absolute Gasteiger partial charge is 0.217 e. The van der Waals surface area contributed by atoms with E-state index in [0.29, 0.717) is 11.2 Å². The van der Waals surface area contributed by atoms with Gasteiger partial charge in [0, 0.05) is 37.1 Å². The molecule has 4 heterocycles. The van der Waals surface area contributed by atoms with Gasteiger partial charge in [-0.25, -0.2) is 19.6 Å². The maximum atomic E-state index is 4.83. The first-order valence-corrected chi connectivity index (χ1v) is 11.0. The quantitative estimate of drug-likeness (QED) is 0.354. The van der Waals surface area contributed by atoms with Gasteiger partial charge in [0.15, 0.2) is 0 Å². The number of rotatable bonds is 6. The van der Waals surface area contributed by atoms with Crippen molar-refractivity contribution < 1.29 is 0 Å². The highest BCUT2D eigenvalue weighted by atomic mass is 79.9. The summed E-state index contributed by atoms with van der Waals surface area (Å²) in [6.07, 6.45) is 7.88. The summed E-state index contributed by atoms with van der Waals surface area (Å²) in [7, 11) is 0. The lowest BCUT2D eigenvalue weighted by atomic mass is 10.1. The van der Waals surface area contributed by atoms with Crippen LogP contribution in [0.3, 0.4) is 0 Å². The van der Waals surface area contributed by atoms with Crippen molar-refractivity contribution >= 4 is 15.9 Å². The third kappa shape index (κ3) is 4.19. The molecule has 0 spiro atoms. The minimum Gasteiger partial charge on any atom is -0.272 e. The second kappa shape index (κ2) is 8.80. The summed E-state index contributed by atoms with van der Waals surface area (Å²) in [4.78, 5) is 17.9. The van der Waals surface area contributed by atoms with E-state index in [2.05, 4.69) is 55.0 Å². The number of halogens is 1. The van der Waals surface area contributed by atoms with Gasteiger partial charge in [-0.3, -0.25) is 9.67 Å². The largest absolute Gasteiger partial charge is 0.272 e. The highest BCUT2D eigenvalue weighted by Crippen LogP contribution is 2.28. The highest BCUT2D eigenvalue weighted by molar-refractivity contribution is 9.10. The van der Waals surface area contributed by atoms with E-state index in [0.717, 1.165) is 46.3 Å². The molecule has 0 radical (unpaired) electrons. The molecule has 158 valence electrons. The van der Waals surface area contributed by atoms with Crippen LogP contribution >= 0.6 is 15.9 Å². The van der Waals surface area contributed by atoms with Crippen LogP contribution in [0.15, 0.2) is 78.2 Å². The predicted octanol–water partition coefficient (Wildman–Crippen LogP) is 4.36. The summed E-state index contributed by atoms with van der Waals surface area (Å²) < 4.78 is 4.18. The van der Waals surface area contributed by atoms with E-state index in [1.165, 1.54) is 0 Å². The molecule has 0 aliphatic rings. The van der Waals surface area contributed by atoms with Crippen LogP contribution in [-0.4, -0.2) is 39.5 Å². The van der Waals surface area contributed by atoms with E-state index < -0.39 is 0 Å². The molecule has 0 saturated heterocycles. The molecule has 0 saturated carbocycles. The van der Waals surface area contributed by atoms with Crippen LogP contribution in [0.1, 0.15) is 18.3 Å². The molecule has 0 fully saturated rings. The minimum absolute atomic E-state index is 0.559. The average Bonchev–Trinajstić information content (AvgIpc) is 3.47. The molecule has 8 nitrogen and oxygen atoms in total. The Labute approximate surface area is 193 Å². The molecule has 9 heteroatoms. The van der Waals surface area contributed by atoms with Gasteiger partial charge in [0.05, 0.1) is 17.1 Å². The van der Waals surface area contributed by atoms with Crippen LogP contribution in [0.2, 0.25) is 0 Å². The molecule has 0 aliphatic carbocycles. The van der Waals surface area contributed by atoms with Gasteiger partial charge in [-0.05, 0) is 58.7 Å². The van der Waals surface area contributed by atoms with Gasteiger partial charge in [0.1, 0.15) is 17.8 Å². The SMILES string of the molecule is CCn1cc(-c2ccnc(Cc3ccc(-n4cnc(Br)n4)cc3)n2)c(-c2ccccn2)n1. The summed E-state index contributed by atoms with van der Waals surface area (Å²) in [5, 5.41) is 8.97. The summed E-state index contributed by atoms with van der Waals surface area (Å²) >= 11 is 3.27. The monoisotopic (exact) mass is 486 g/mol. The summed E-state index contributed by atoms with van der Waals surface area (Å²) in [5.74, 6) is 0.745. The lowest BCUT2D eigenvalue weighted by Gasteiger charge is -2.06. The third-order valence-corrected chi connectivity index (χ3v) is 5.36. The molecule has 5 aromatic rings. The Morgan fingerprint density at radius 2 is 1.75 bits per heavy atom. The van der Waals surface area contributed by atoms with E-state index in [4.69, 9.17) is 10.1 Å². The molecule has 0 N–H and O–H groups in total. The van der Waals surface area contributed by atoms with Gasteiger partial charge in [0.2, 0.25) is 4.73 Å². The maximum Gasteiger partial charge on any atom is 0.217 e. The standard InChI is InChI=1S/C23H19BrN8/c1-2-31-14-18(22(29-31)20-5-3-4-11-25-20)19-10-12-26-21(28-19)13-16-6-8-17(9-7-16)32-15-27-23(24)30-32/h3-12,14-15H,2,13H2,1H3. The first-order chi connectivity index (χ1) is 15.7. The van der Waals surface area contributed by atoms with Crippen molar-refractivity contribution in [3.63, 3.8) is 0 Å². The molecule has 5 rings (SSSR count). The number of aromatic nitrogens is 8. The number of pyridine rings is 1. The van der Waals surface area contributed by atoms with Gasteiger partial charge in [-0.2, -0.15) is 5.10 Å². The first kappa shape index (κ1) is 20.2. The topological polar surface area (TPSA) is 87.2 Å². The third-order valence-electron chi connectivity index (χ3n) is 5.00. The number of hydrogen-bond acceptors (Lipinski definition) is 6. The van der Waals surface area contributed by atoms with Gasteiger partial charge in [0.25, 0.3) is 0 Å². The fourth-order valence-corrected chi connectivity index (χ4v) is 3.68. The van der Waals surface area contributed by atoms with E-state index in [1.54, 1.807) is 23.4 Å². The number of benzene rings is 1. The van der Waals surface area contributed by atoms with E-state index in [9.17, 15) is 0 Å². The average molecular weight is 487 g/mol. The number of hydrogen-bond donors (Lipinski definition) is 0. The van der Waals surface area contributed by atoms with E-state index >= 15 is 0 Å². The van der Waals surface area contributed by atoms with Crippen molar-refractivity contribution in [3.8, 4) is 28.3 Å². The molecule has 0 unspecified atom stereocenters. The van der Waals surface area contributed by atoms with Gasteiger partial charge in [-0.1, -0.05) is 18.2 Å². The summed E-state index contributed by atoms with van der Waals surface area (Å²) in [5.41, 5.74) is 5.47. The second-order valence-corrected chi connectivity index (χ2v) is 7.83. The molecule has 4 aromatic heterocycles. The van der Waals surface area contributed by atoms with E-state index in [1.807, 2.05) is 47.3 Å². The van der Waals surface area contributed by atoms with Crippen LogP contribution in [0.5, 0.6) is 0 Å². The summed E-state index contributed by atoms with van der Waals surface area (Å²) in [6, 6.07) is 15.8. The van der Waals surface area contributed by atoms with Crippen molar-refractivity contribution in [2.75, 3.05) is 0 Å². The highest BCUT2D eigenvalue weighted by Gasteiger charge is 2.15. The van der Waals surface area contributed by atoms with Crippen LogP contribution < -0.4 is 0 Å². The molecule has 1 aromatic carbocycles. The molecule has 0 bridgehead atoms. The second-order valence-electron chi connectivity index (χ2n) is 7.12. The molecule has 0 amide bonds.